The van der Waals surface area contributed by atoms with Gasteiger partial charge in [-0.25, -0.2) is 0 Å². The van der Waals surface area contributed by atoms with Crippen LogP contribution in [0.2, 0.25) is 0 Å². The smallest absolute Gasteiger partial charge is 0.0546 e. The summed E-state index contributed by atoms with van der Waals surface area (Å²) in [5.74, 6) is 3.63. The molecule has 5 atom stereocenters. The summed E-state index contributed by atoms with van der Waals surface area (Å²) in [4.78, 5) is 0. The molecule has 1 nitrogen and oxygen atoms in total. The van der Waals surface area contributed by atoms with Gasteiger partial charge < -0.3 is 5.11 Å². The van der Waals surface area contributed by atoms with Crippen molar-refractivity contribution in [1.82, 2.24) is 0 Å². The third-order valence-corrected chi connectivity index (χ3v) is 4.11. The molecule has 0 aromatic heterocycles. The molecule has 5 unspecified atom stereocenters. The van der Waals surface area contributed by atoms with Crippen molar-refractivity contribution in [1.29, 1.82) is 0 Å². The first kappa shape index (κ1) is 6.47. The van der Waals surface area contributed by atoms with Gasteiger partial charge in [-0.05, 0) is 55.8 Å². The number of aliphatic hydroxyl groups excluding tert-OH is 1. The van der Waals surface area contributed by atoms with Gasteiger partial charge in [-0.2, -0.15) is 0 Å². The highest BCUT2D eigenvalue weighted by Gasteiger charge is 2.51. The fraction of sp³-hybridized carbons (Fsp3) is 0.900. The standard InChI is InChI=1S/C10H15O/c11-8-4-9-6-1-2-7(3-6)10(9)5-8/h1,6-11H,2-5H2. The second kappa shape index (κ2) is 2.01. The second-order valence-corrected chi connectivity index (χ2v) is 4.58. The van der Waals surface area contributed by atoms with Crippen molar-refractivity contribution in [2.24, 2.45) is 23.7 Å². The van der Waals surface area contributed by atoms with E-state index in [2.05, 4.69) is 6.42 Å². The summed E-state index contributed by atoms with van der Waals surface area (Å²) in [6.07, 6.45) is 7.55. The van der Waals surface area contributed by atoms with Crippen molar-refractivity contribution in [2.75, 3.05) is 0 Å². The highest BCUT2D eigenvalue weighted by molar-refractivity contribution is 5.08. The van der Waals surface area contributed by atoms with Gasteiger partial charge in [-0.15, -0.1) is 0 Å². The molecule has 3 rings (SSSR count). The zero-order chi connectivity index (χ0) is 7.42. The van der Waals surface area contributed by atoms with Crippen LogP contribution in [0.1, 0.15) is 25.7 Å². The van der Waals surface area contributed by atoms with Crippen LogP contribution >= 0.6 is 0 Å². The van der Waals surface area contributed by atoms with Gasteiger partial charge in [0.2, 0.25) is 0 Å². The molecule has 0 aromatic rings. The average molecular weight is 151 g/mol. The largest absolute Gasteiger partial charge is 0.393 e. The Morgan fingerprint density at radius 1 is 1.09 bits per heavy atom. The Balaban J connectivity index is 1.87. The molecule has 0 aromatic carbocycles. The summed E-state index contributed by atoms with van der Waals surface area (Å²) < 4.78 is 0. The highest BCUT2D eigenvalue weighted by Crippen LogP contribution is 2.58. The molecular weight excluding hydrogens is 136 g/mol. The molecule has 1 N–H and O–H groups in total. The van der Waals surface area contributed by atoms with E-state index in [0.29, 0.717) is 0 Å². The minimum atomic E-state index is 0.0433. The number of rotatable bonds is 0. The molecule has 0 heterocycles. The highest BCUT2D eigenvalue weighted by atomic mass is 16.3. The minimum absolute atomic E-state index is 0.0433. The molecule has 3 fully saturated rings. The van der Waals surface area contributed by atoms with E-state index >= 15 is 0 Å². The van der Waals surface area contributed by atoms with E-state index in [-0.39, 0.29) is 6.10 Å². The molecule has 2 bridgehead atoms. The fourth-order valence-electron chi connectivity index (χ4n) is 3.70. The monoisotopic (exact) mass is 151 g/mol. The average Bonchev–Trinajstić information content (AvgIpc) is 2.53. The zero-order valence-corrected chi connectivity index (χ0v) is 6.74. The van der Waals surface area contributed by atoms with Gasteiger partial charge in [0.25, 0.3) is 0 Å². The van der Waals surface area contributed by atoms with Crippen molar-refractivity contribution < 1.29 is 5.11 Å². The maximum Gasteiger partial charge on any atom is 0.0546 e. The van der Waals surface area contributed by atoms with Crippen molar-refractivity contribution >= 4 is 0 Å². The Labute approximate surface area is 67.8 Å². The van der Waals surface area contributed by atoms with E-state index in [9.17, 15) is 5.11 Å². The van der Waals surface area contributed by atoms with Gasteiger partial charge in [-0.1, -0.05) is 0 Å². The van der Waals surface area contributed by atoms with Gasteiger partial charge >= 0.3 is 0 Å². The van der Waals surface area contributed by atoms with Crippen LogP contribution in [0, 0.1) is 30.1 Å². The zero-order valence-electron chi connectivity index (χ0n) is 6.74. The van der Waals surface area contributed by atoms with E-state index < -0.39 is 0 Å². The fourth-order valence-corrected chi connectivity index (χ4v) is 3.70. The van der Waals surface area contributed by atoms with Crippen molar-refractivity contribution in [2.45, 2.75) is 31.8 Å². The Bertz CT molecular complexity index is 160. The number of hydrogen-bond donors (Lipinski definition) is 1. The van der Waals surface area contributed by atoms with Crippen LogP contribution in [0.3, 0.4) is 0 Å². The van der Waals surface area contributed by atoms with E-state index in [1.807, 2.05) is 0 Å². The van der Waals surface area contributed by atoms with Gasteiger partial charge in [-0.3, -0.25) is 0 Å². The third-order valence-electron chi connectivity index (χ3n) is 4.11. The maximum atomic E-state index is 9.48. The molecule has 0 aliphatic heterocycles. The number of fused-ring (bicyclic) bond motifs is 5. The predicted octanol–water partition coefficient (Wildman–Crippen LogP) is 1.62. The van der Waals surface area contributed by atoms with E-state index in [1.165, 1.54) is 12.8 Å². The topological polar surface area (TPSA) is 20.2 Å². The van der Waals surface area contributed by atoms with Crippen molar-refractivity contribution in [3.05, 3.63) is 6.42 Å². The van der Waals surface area contributed by atoms with Crippen LogP contribution in [-0.2, 0) is 0 Å². The molecule has 0 saturated heterocycles. The SMILES string of the molecule is OC1CC2C3[CH]CC(C3)C2C1. The lowest BCUT2D eigenvalue weighted by Gasteiger charge is -2.23. The van der Waals surface area contributed by atoms with Gasteiger partial charge in [0.15, 0.2) is 0 Å². The van der Waals surface area contributed by atoms with E-state index in [1.54, 1.807) is 0 Å². The van der Waals surface area contributed by atoms with Crippen LogP contribution < -0.4 is 0 Å². The van der Waals surface area contributed by atoms with Gasteiger partial charge in [0.1, 0.15) is 0 Å². The molecule has 3 saturated carbocycles. The number of hydrogen-bond acceptors (Lipinski definition) is 1. The Hall–Kier alpha value is -0.0400. The normalized spacial score (nSPS) is 60.3. The third kappa shape index (κ3) is 0.752. The molecular formula is C10H15O. The van der Waals surface area contributed by atoms with Crippen LogP contribution in [0.5, 0.6) is 0 Å². The first-order valence-corrected chi connectivity index (χ1v) is 4.86. The van der Waals surface area contributed by atoms with E-state index in [4.69, 9.17) is 0 Å². The molecule has 0 amide bonds. The van der Waals surface area contributed by atoms with Gasteiger partial charge in [0, 0.05) is 0 Å². The van der Waals surface area contributed by atoms with Crippen LogP contribution in [0.25, 0.3) is 0 Å². The summed E-state index contributed by atoms with van der Waals surface area (Å²) in [5.41, 5.74) is 0. The summed E-state index contributed by atoms with van der Waals surface area (Å²) in [6.45, 7) is 0. The lowest BCUT2D eigenvalue weighted by Crippen LogP contribution is -2.16. The van der Waals surface area contributed by atoms with Crippen LogP contribution in [0.15, 0.2) is 0 Å². The molecule has 3 aliphatic carbocycles. The van der Waals surface area contributed by atoms with Gasteiger partial charge in [0.05, 0.1) is 6.10 Å². The minimum Gasteiger partial charge on any atom is -0.393 e. The van der Waals surface area contributed by atoms with Crippen molar-refractivity contribution in [3.8, 4) is 0 Å². The second-order valence-electron chi connectivity index (χ2n) is 4.58. The number of aliphatic hydroxyl groups is 1. The maximum absolute atomic E-state index is 9.48. The Morgan fingerprint density at radius 3 is 2.73 bits per heavy atom. The molecule has 11 heavy (non-hydrogen) atoms. The Morgan fingerprint density at radius 2 is 1.91 bits per heavy atom. The molecule has 3 aliphatic rings. The Kier molecular flexibility index (Phi) is 1.18. The van der Waals surface area contributed by atoms with Crippen LogP contribution in [-0.4, -0.2) is 11.2 Å². The van der Waals surface area contributed by atoms with Crippen LogP contribution in [0.4, 0.5) is 0 Å². The first-order valence-electron chi connectivity index (χ1n) is 4.86. The quantitative estimate of drug-likeness (QED) is 0.557. The summed E-state index contributed by atoms with van der Waals surface area (Å²) in [6, 6.07) is 0. The summed E-state index contributed by atoms with van der Waals surface area (Å²) in [5, 5.41) is 9.48. The van der Waals surface area contributed by atoms with Crippen molar-refractivity contribution in [3.63, 3.8) is 0 Å². The molecule has 1 radical (unpaired) electrons. The predicted molar refractivity (Wildman–Crippen MR) is 42.7 cm³/mol. The lowest BCUT2D eigenvalue weighted by molar-refractivity contribution is 0.167. The molecule has 1 heteroatoms. The summed E-state index contributed by atoms with van der Waals surface area (Å²) in [7, 11) is 0. The summed E-state index contributed by atoms with van der Waals surface area (Å²) >= 11 is 0. The lowest BCUT2D eigenvalue weighted by atomic mass is 9.82. The molecule has 61 valence electrons. The molecule has 0 spiro atoms. The van der Waals surface area contributed by atoms with E-state index in [0.717, 1.165) is 36.5 Å². The first-order chi connectivity index (χ1) is 5.34.